The maximum atomic E-state index is 12.3. The van der Waals surface area contributed by atoms with E-state index in [2.05, 4.69) is 34.4 Å². The average Bonchev–Trinajstić information content (AvgIpc) is 2.36. The van der Waals surface area contributed by atoms with Gasteiger partial charge in [-0.3, -0.25) is 9.78 Å². The smallest absolute Gasteiger partial charge is 0.255 e. The number of carbonyl (C=O) groups is 1. The molecular weight excluding hydrogens is 252 g/mol. The van der Waals surface area contributed by atoms with Crippen LogP contribution in [0.1, 0.15) is 36.8 Å². The van der Waals surface area contributed by atoms with Crippen LogP contribution in [0, 0.1) is 6.92 Å². The van der Waals surface area contributed by atoms with E-state index in [1.54, 1.807) is 6.20 Å². The van der Waals surface area contributed by atoms with Crippen LogP contribution in [0.25, 0.3) is 0 Å². The van der Waals surface area contributed by atoms with Gasteiger partial charge in [-0.1, -0.05) is 0 Å². The van der Waals surface area contributed by atoms with E-state index >= 15 is 0 Å². The second-order valence-corrected chi connectivity index (χ2v) is 5.79. The number of amides is 1. The van der Waals surface area contributed by atoms with Crippen LogP contribution in [0.3, 0.4) is 0 Å². The summed E-state index contributed by atoms with van der Waals surface area (Å²) in [5.41, 5.74) is 2.23. The predicted molar refractivity (Wildman–Crippen MR) is 83.2 cm³/mol. The molecule has 0 saturated carbocycles. The molecule has 20 heavy (non-hydrogen) atoms. The molecule has 1 heterocycles. The minimum atomic E-state index is -0.0941. The number of hydrogen-bond donors (Lipinski definition) is 2. The molecule has 1 amide bonds. The van der Waals surface area contributed by atoms with Crippen molar-refractivity contribution in [3.8, 4) is 0 Å². The number of rotatable bonds is 6. The summed E-state index contributed by atoms with van der Waals surface area (Å²) >= 11 is 0. The lowest BCUT2D eigenvalue weighted by Gasteiger charge is -2.32. The van der Waals surface area contributed by atoms with Gasteiger partial charge in [0, 0.05) is 30.5 Å². The van der Waals surface area contributed by atoms with Gasteiger partial charge in [0.1, 0.15) is 0 Å². The molecular formula is C15H26N4O. The van der Waals surface area contributed by atoms with Gasteiger partial charge in [-0.2, -0.15) is 0 Å². The summed E-state index contributed by atoms with van der Waals surface area (Å²) in [5, 5.41) is 6.18. The Kier molecular flexibility index (Phi) is 5.51. The van der Waals surface area contributed by atoms with Gasteiger partial charge in [0.05, 0.1) is 11.3 Å². The molecule has 0 atom stereocenters. The highest BCUT2D eigenvalue weighted by Gasteiger charge is 2.22. The topological polar surface area (TPSA) is 57.3 Å². The first-order valence-electron chi connectivity index (χ1n) is 6.94. The van der Waals surface area contributed by atoms with Crippen LogP contribution < -0.4 is 10.6 Å². The standard InChI is InChI=1S/C15H26N4O/c1-7-16-13-8-11(2)17-9-12(13)14(20)18-10-15(3,4)19(5)6/h8-9H,7,10H2,1-6H3,(H,16,17)(H,18,20). The molecule has 0 aliphatic carbocycles. The van der Waals surface area contributed by atoms with Crippen LogP contribution in [0.4, 0.5) is 5.69 Å². The van der Waals surface area contributed by atoms with Gasteiger partial charge in [0.15, 0.2) is 0 Å². The van der Waals surface area contributed by atoms with Gasteiger partial charge >= 0.3 is 0 Å². The van der Waals surface area contributed by atoms with Crippen molar-refractivity contribution in [3.05, 3.63) is 23.5 Å². The molecule has 5 nitrogen and oxygen atoms in total. The average molecular weight is 278 g/mol. The number of carbonyl (C=O) groups excluding carboxylic acids is 1. The fourth-order valence-electron chi connectivity index (χ4n) is 1.63. The number of nitrogens with zero attached hydrogens (tertiary/aromatic N) is 2. The van der Waals surface area contributed by atoms with Gasteiger partial charge in [-0.05, 0) is 47.9 Å². The second-order valence-electron chi connectivity index (χ2n) is 5.79. The minimum absolute atomic E-state index is 0.0911. The Hall–Kier alpha value is -1.62. The summed E-state index contributed by atoms with van der Waals surface area (Å²) in [6.07, 6.45) is 1.63. The lowest BCUT2D eigenvalue weighted by Crippen LogP contribution is -2.48. The van der Waals surface area contributed by atoms with Gasteiger partial charge in [0.2, 0.25) is 0 Å². The van der Waals surface area contributed by atoms with E-state index in [4.69, 9.17) is 0 Å². The summed E-state index contributed by atoms with van der Waals surface area (Å²) in [5.74, 6) is -0.0941. The molecule has 1 aromatic rings. The molecule has 0 spiro atoms. The van der Waals surface area contributed by atoms with Crippen LogP contribution in [0.5, 0.6) is 0 Å². The highest BCUT2D eigenvalue weighted by Crippen LogP contribution is 2.16. The first kappa shape index (κ1) is 16.4. The van der Waals surface area contributed by atoms with Gasteiger partial charge in [0.25, 0.3) is 5.91 Å². The molecule has 0 fully saturated rings. The molecule has 112 valence electrons. The third-order valence-corrected chi connectivity index (χ3v) is 3.54. The monoisotopic (exact) mass is 278 g/mol. The summed E-state index contributed by atoms with van der Waals surface area (Å²) < 4.78 is 0. The summed E-state index contributed by atoms with van der Waals surface area (Å²) in [6.45, 7) is 9.45. The van der Waals surface area contributed by atoms with Crippen molar-refractivity contribution in [1.82, 2.24) is 15.2 Å². The van der Waals surface area contributed by atoms with Crippen molar-refractivity contribution >= 4 is 11.6 Å². The van der Waals surface area contributed by atoms with Crippen LogP contribution in [-0.4, -0.2) is 48.5 Å². The highest BCUT2D eigenvalue weighted by molar-refractivity contribution is 5.99. The summed E-state index contributed by atoms with van der Waals surface area (Å²) in [4.78, 5) is 18.6. The zero-order chi connectivity index (χ0) is 15.3. The maximum absolute atomic E-state index is 12.3. The van der Waals surface area contributed by atoms with E-state index < -0.39 is 0 Å². The predicted octanol–water partition coefficient (Wildman–Crippen LogP) is 1.89. The van der Waals surface area contributed by atoms with Crippen molar-refractivity contribution in [2.45, 2.75) is 33.2 Å². The zero-order valence-corrected chi connectivity index (χ0v) is 13.4. The molecule has 0 aromatic carbocycles. The van der Waals surface area contributed by atoms with Gasteiger partial charge in [-0.25, -0.2) is 0 Å². The molecule has 1 aromatic heterocycles. The molecule has 0 aliphatic rings. The SMILES string of the molecule is CCNc1cc(C)ncc1C(=O)NCC(C)(C)N(C)C. The molecule has 0 saturated heterocycles. The van der Waals surface area contributed by atoms with Gasteiger partial charge < -0.3 is 15.5 Å². The number of aromatic nitrogens is 1. The van der Waals surface area contributed by atoms with E-state index in [0.717, 1.165) is 17.9 Å². The van der Waals surface area contributed by atoms with Crippen LogP contribution >= 0.6 is 0 Å². The Morgan fingerprint density at radius 2 is 2.05 bits per heavy atom. The minimum Gasteiger partial charge on any atom is -0.385 e. The lowest BCUT2D eigenvalue weighted by molar-refractivity contribution is 0.0920. The van der Waals surface area contributed by atoms with Crippen molar-refractivity contribution in [2.75, 3.05) is 32.5 Å². The number of anilines is 1. The van der Waals surface area contributed by atoms with Crippen molar-refractivity contribution < 1.29 is 4.79 Å². The lowest BCUT2D eigenvalue weighted by atomic mass is 10.0. The second kappa shape index (κ2) is 6.70. The Morgan fingerprint density at radius 3 is 2.60 bits per heavy atom. The van der Waals surface area contributed by atoms with Crippen molar-refractivity contribution in [1.29, 1.82) is 0 Å². The van der Waals surface area contributed by atoms with E-state index in [-0.39, 0.29) is 11.4 Å². The Morgan fingerprint density at radius 1 is 1.40 bits per heavy atom. The maximum Gasteiger partial charge on any atom is 0.255 e. The zero-order valence-electron chi connectivity index (χ0n) is 13.4. The Labute approximate surface area is 121 Å². The van der Waals surface area contributed by atoms with E-state index in [0.29, 0.717) is 12.1 Å². The molecule has 0 bridgehead atoms. The normalized spacial score (nSPS) is 11.6. The van der Waals surface area contributed by atoms with Crippen LogP contribution in [0.15, 0.2) is 12.3 Å². The van der Waals surface area contributed by atoms with Crippen molar-refractivity contribution in [2.24, 2.45) is 0 Å². The van der Waals surface area contributed by atoms with Crippen LogP contribution in [0.2, 0.25) is 0 Å². The number of pyridine rings is 1. The third kappa shape index (κ3) is 4.20. The first-order chi connectivity index (χ1) is 9.27. The number of aryl methyl sites for hydroxylation is 1. The molecule has 0 radical (unpaired) electrons. The molecule has 5 heteroatoms. The number of hydrogen-bond acceptors (Lipinski definition) is 4. The number of nitrogens with one attached hydrogen (secondary N) is 2. The first-order valence-corrected chi connectivity index (χ1v) is 6.94. The molecule has 0 unspecified atom stereocenters. The number of likely N-dealkylation sites (N-methyl/N-ethyl adjacent to an activating group) is 1. The fourth-order valence-corrected chi connectivity index (χ4v) is 1.63. The van der Waals surface area contributed by atoms with Crippen molar-refractivity contribution in [3.63, 3.8) is 0 Å². The fraction of sp³-hybridized carbons (Fsp3) is 0.600. The third-order valence-electron chi connectivity index (χ3n) is 3.54. The quantitative estimate of drug-likeness (QED) is 0.834. The Balaban J connectivity index is 2.82. The van der Waals surface area contributed by atoms with Crippen LogP contribution in [-0.2, 0) is 0 Å². The van der Waals surface area contributed by atoms with E-state index in [1.165, 1.54) is 0 Å². The van der Waals surface area contributed by atoms with E-state index in [9.17, 15) is 4.79 Å². The summed E-state index contributed by atoms with van der Waals surface area (Å²) in [6, 6.07) is 1.90. The molecule has 1 rings (SSSR count). The molecule has 2 N–H and O–H groups in total. The Bertz CT molecular complexity index is 469. The highest BCUT2D eigenvalue weighted by atomic mass is 16.1. The molecule has 0 aliphatic heterocycles. The van der Waals surface area contributed by atoms with Gasteiger partial charge in [-0.15, -0.1) is 0 Å². The van der Waals surface area contributed by atoms with E-state index in [1.807, 2.05) is 34.0 Å². The largest absolute Gasteiger partial charge is 0.385 e. The summed E-state index contributed by atoms with van der Waals surface area (Å²) in [7, 11) is 4.01.